The molecular weight excluding hydrogens is 188 g/mol. The second-order valence-electron chi connectivity index (χ2n) is 3.73. The molecule has 0 aromatic carbocycles. The Bertz CT molecular complexity index is 337. The minimum absolute atomic E-state index is 0.329. The first-order chi connectivity index (χ1) is 7.15. The van der Waals surface area contributed by atoms with Crippen molar-refractivity contribution in [1.29, 1.82) is 5.26 Å². The molecule has 0 aliphatic heterocycles. The average Bonchev–Trinajstić information content (AvgIpc) is 2.21. The molecule has 1 heterocycles. The molecule has 15 heavy (non-hydrogen) atoms. The summed E-state index contributed by atoms with van der Waals surface area (Å²) in [5, 5.41) is 16.7. The van der Waals surface area contributed by atoms with Crippen molar-refractivity contribution in [1.82, 2.24) is 10.2 Å². The molecule has 0 spiro atoms. The first kappa shape index (κ1) is 11.4. The van der Waals surface area contributed by atoms with Gasteiger partial charge in [-0.25, -0.2) is 0 Å². The summed E-state index contributed by atoms with van der Waals surface area (Å²) in [6, 6.07) is 6.35. The normalized spacial score (nSPS) is 10.1. The predicted molar refractivity (Wildman–Crippen MR) is 59.5 cm³/mol. The summed E-state index contributed by atoms with van der Waals surface area (Å²) in [5.41, 5.74) is 0.905. The first-order valence-corrected chi connectivity index (χ1v) is 5.09. The fourth-order valence-corrected chi connectivity index (χ4v) is 1.35. The lowest BCUT2D eigenvalue weighted by molar-refractivity contribution is 0.669. The molecule has 0 unspecified atom stereocenters. The van der Waals surface area contributed by atoms with E-state index in [9.17, 15) is 0 Å². The minimum atomic E-state index is 0.329. The first-order valence-electron chi connectivity index (χ1n) is 5.09. The predicted octanol–water partition coefficient (Wildman–Crippen LogP) is 1.91. The molecule has 1 aromatic rings. The Morgan fingerprint density at radius 3 is 2.60 bits per heavy atom. The summed E-state index contributed by atoms with van der Waals surface area (Å²) in [6.07, 6.45) is 0.508. The monoisotopic (exact) mass is 204 g/mol. The highest BCUT2D eigenvalue weighted by atomic mass is 15.3. The lowest BCUT2D eigenvalue weighted by atomic mass is 10.3. The van der Waals surface area contributed by atoms with Crippen molar-refractivity contribution in [3.63, 3.8) is 0 Å². The van der Waals surface area contributed by atoms with Crippen LogP contribution in [0.15, 0.2) is 12.1 Å². The summed E-state index contributed by atoms with van der Waals surface area (Å²) < 4.78 is 0. The minimum Gasteiger partial charge on any atom is -0.352 e. The number of hydrogen-bond donors (Lipinski definition) is 0. The summed E-state index contributed by atoms with van der Waals surface area (Å²) >= 11 is 0. The molecule has 0 bridgehead atoms. The number of hydrogen-bond acceptors (Lipinski definition) is 4. The Morgan fingerprint density at radius 2 is 2.13 bits per heavy atom. The van der Waals surface area contributed by atoms with E-state index in [2.05, 4.69) is 35.0 Å². The Balaban J connectivity index is 2.80. The largest absolute Gasteiger partial charge is 0.352 e. The van der Waals surface area contributed by atoms with Crippen LogP contribution in [0, 0.1) is 18.3 Å². The summed E-state index contributed by atoms with van der Waals surface area (Å²) in [5.74, 6) is 0.839. The van der Waals surface area contributed by atoms with E-state index in [4.69, 9.17) is 5.26 Å². The van der Waals surface area contributed by atoms with Crippen molar-refractivity contribution in [2.24, 2.45) is 0 Å². The van der Waals surface area contributed by atoms with Crippen LogP contribution in [0.4, 0.5) is 5.82 Å². The second-order valence-corrected chi connectivity index (χ2v) is 3.73. The third-order valence-electron chi connectivity index (χ3n) is 2.17. The van der Waals surface area contributed by atoms with Crippen LogP contribution in [0.2, 0.25) is 0 Å². The number of nitrogens with zero attached hydrogens (tertiary/aromatic N) is 4. The lowest BCUT2D eigenvalue weighted by Gasteiger charge is -2.26. The van der Waals surface area contributed by atoms with Crippen molar-refractivity contribution < 1.29 is 0 Å². The third kappa shape index (κ3) is 3.21. The van der Waals surface area contributed by atoms with E-state index >= 15 is 0 Å². The molecule has 4 nitrogen and oxygen atoms in total. The molecule has 4 heteroatoms. The van der Waals surface area contributed by atoms with Gasteiger partial charge in [-0.05, 0) is 32.9 Å². The Labute approximate surface area is 90.5 Å². The summed E-state index contributed by atoms with van der Waals surface area (Å²) in [4.78, 5) is 2.08. The van der Waals surface area contributed by atoms with Crippen molar-refractivity contribution in [2.45, 2.75) is 33.2 Å². The maximum atomic E-state index is 8.58. The zero-order valence-corrected chi connectivity index (χ0v) is 9.44. The molecule has 0 radical (unpaired) electrons. The van der Waals surface area contributed by atoms with Crippen LogP contribution in [0.3, 0.4) is 0 Å². The van der Waals surface area contributed by atoms with Crippen LogP contribution < -0.4 is 4.90 Å². The number of aromatic nitrogens is 2. The van der Waals surface area contributed by atoms with Gasteiger partial charge in [0.25, 0.3) is 0 Å². The van der Waals surface area contributed by atoms with E-state index in [1.165, 1.54) is 0 Å². The van der Waals surface area contributed by atoms with Gasteiger partial charge < -0.3 is 4.90 Å². The Hall–Kier alpha value is -1.63. The highest BCUT2D eigenvalue weighted by Gasteiger charge is 2.11. The molecule has 0 fully saturated rings. The zero-order chi connectivity index (χ0) is 11.3. The maximum absolute atomic E-state index is 8.58. The molecule has 0 saturated heterocycles. The van der Waals surface area contributed by atoms with E-state index in [-0.39, 0.29) is 0 Å². The molecule has 1 rings (SSSR count). The SMILES string of the molecule is Cc1ccc(N(CCC#N)C(C)C)nn1. The van der Waals surface area contributed by atoms with Crippen molar-refractivity contribution in [3.05, 3.63) is 17.8 Å². The van der Waals surface area contributed by atoms with Gasteiger partial charge in [0, 0.05) is 12.6 Å². The highest BCUT2D eigenvalue weighted by molar-refractivity contribution is 5.38. The fourth-order valence-electron chi connectivity index (χ4n) is 1.35. The van der Waals surface area contributed by atoms with Crippen LogP contribution in [0.1, 0.15) is 26.0 Å². The van der Waals surface area contributed by atoms with Gasteiger partial charge in [-0.2, -0.15) is 10.4 Å². The topological polar surface area (TPSA) is 52.8 Å². The van der Waals surface area contributed by atoms with Crippen molar-refractivity contribution in [2.75, 3.05) is 11.4 Å². The fraction of sp³-hybridized carbons (Fsp3) is 0.545. The number of anilines is 1. The molecule has 1 aromatic heterocycles. The molecule has 80 valence electrons. The molecular formula is C11H16N4. The number of nitriles is 1. The van der Waals surface area contributed by atoms with Gasteiger partial charge in [0.2, 0.25) is 0 Å². The molecule has 0 N–H and O–H groups in total. The van der Waals surface area contributed by atoms with Crippen molar-refractivity contribution in [3.8, 4) is 6.07 Å². The lowest BCUT2D eigenvalue weighted by Crippen LogP contribution is -2.32. The maximum Gasteiger partial charge on any atom is 0.151 e. The molecule has 0 aliphatic rings. The van der Waals surface area contributed by atoms with Gasteiger partial charge in [0.05, 0.1) is 18.2 Å². The van der Waals surface area contributed by atoms with Gasteiger partial charge >= 0.3 is 0 Å². The van der Waals surface area contributed by atoms with Crippen LogP contribution in [0.5, 0.6) is 0 Å². The van der Waals surface area contributed by atoms with E-state index in [1.807, 2.05) is 19.1 Å². The molecule has 0 atom stereocenters. The summed E-state index contributed by atoms with van der Waals surface area (Å²) in [7, 11) is 0. The quantitative estimate of drug-likeness (QED) is 0.751. The summed E-state index contributed by atoms with van der Waals surface area (Å²) in [6.45, 7) is 6.77. The van der Waals surface area contributed by atoms with Gasteiger partial charge in [-0.3, -0.25) is 0 Å². The van der Waals surface area contributed by atoms with Gasteiger partial charge in [0.15, 0.2) is 5.82 Å². The highest BCUT2D eigenvalue weighted by Crippen LogP contribution is 2.13. The van der Waals surface area contributed by atoms with Crippen LogP contribution >= 0.6 is 0 Å². The third-order valence-corrected chi connectivity index (χ3v) is 2.17. The van der Waals surface area contributed by atoms with E-state index in [0.29, 0.717) is 19.0 Å². The Morgan fingerprint density at radius 1 is 1.40 bits per heavy atom. The van der Waals surface area contributed by atoms with E-state index in [0.717, 1.165) is 11.5 Å². The second kappa shape index (κ2) is 5.30. The smallest absolute Gasteiger partial charge is 0.151 e. The van der Waals surface area contributed by atoms with E-state index < -0.39 is 0 Å². The number of rotatable bonds is 4. The van der Waals surface area contributed by atoms with Gasteiger partial charge in [0.1, 0.15) is 0 Å². The van der Waals surface area contributed by atoms with E-state index in [1.54, 1.807) is 0 Å². The number of aryl methyl sites for hydroxylation is 1. The zero-order valence-electron chi connectivity index (χ0n) is 9.44. The van der Waals surface area contributed by atoms with Crippen LogP contribution in [-0.2, 0) is 0 Å². The van der Waals surface area contributed by atoms with Crippen molar-refractivity contribution >= 4 is 5.82 Å². The van der Waals surface area contributed by atoms with Gasteiger partial charge in [-0.1, -0.05) is 0 Å². The van der Waals surface area contributed by atoms with Crippen LogP contribution in [-0.4, -0.2) is 22.8 Å². The average molecular weight is 204 g/mol. The van der Waals surface area contributed by atoms with Crippen LogP contribution in [0.25, 0.3) is 0 Å². The van der Waals surface area contributed by atoms with Gasteiger partial charge in [-0.15, -0.1) is 5.10 Å². The molecule has 0 amide bonds. The Kier molecular flexibility index (Phi) is 4.04. The molecule has 0 aliphatic carbocycles. The standard InChI is InChI=1S/C11H16N4/c1-9(2)15(8-4-7-12)11-6-5-10(3)13-14-11/h5-6,9H,4,8H2,1-3H3. The molecule has 0 saturated carbocycles.